The highest BCUT2D eigenvalue weighted by Gasteiger charge is 2.38. The number of halogens is 2. The molecule has 0 bridgehead atoms. The topological polar surface area (TPSA) is 57.2 Å². The number of nitrogens with zero attached hydrogens (tertiary/aromatic N) is 3. The molecule has 0 aliphatic carbocycles. The first kappa shape index (κ1) is 18.6. The minimum Gasteiger partial charge on any atom is -0.497 e. The van der Waals surface area contributed by atoms with Crippen molar-refractivity contribution in [3.05, 3.63) is 71.3 Å². The molecule has 9 heteroatoms. The Bertz CT molecular complexity index is 964. The van der Waals surface area contributed by atoms with Crippen LogP contribution in [0.25, 0.3) is 0 Å². The van der Waals surface area contributed by atoms with Gasteiger partial charge in [0.25, 0.3) is 5.91 Å². The SMILES string of the molecule is COc1cccc(N2C=CN3C(SCc4c(F)cccc4Cl)=NNC3C2=O)c1. The van der Waals surface area contributed by atoms with Crippen LogP contribution in [0.3, 0.4) is 0 Å². The predicted octanol–water partition coefficient (Wildman–Crippen LogP) is 3.74. The molecule has 1 N–H and O–H groups in total. The number of amides is 1. The summed E-state index contributed by atoms with van der Waals surface area (Å²) >= 11 is 7.38. The van der Waals surface area contributed by atoms with Crippen LogP contribution < -0.4 is 15.1 Å². The smallest absolute Gasteiger partial charge is 0.276 e. The molecule has 2 aromatic rings. The van der Waals surface area contributed by atoms with Gasteiger partial charge in [-0.1, -0.05) is 35.5 Å². The molecule has 28 heavy (non-hydrogen) atoms. The third kappa shape index (κ3) is 3.41. The van der Waals surface area contributed by atoms with E-state index in [0.717, 1.165) is 0 Å². The van der Waals surface area contributed by atoms with E-state index in [4.69, 9.17) is 16.3 Å². The summed E-state index contributed by atoms with van der Waals surface area (Å²) in [4.78, 5) is 16.2. The number of anilines is 1. The fraction of sp³-hybridized carbons (Fsp3) is 0.158. The van der Waals surface area contributed by atoms with E-state index in [9.17, 15) is 9.18 Å². The standard InChI is InChI=1S/C19H16ClFN4O2S/c1-27-13-5-2-4-12(10-13)24-8-9-25-17(18(24)26)22-23-19(25)28-11-14-15(20)6-3-7-16(14)21/h2-10,17,22H,11H2,1H3. The highest BCUT2D eigenvalue weighted by Crippen LogP contribution is 2.30. The van der Waals surface area contributed by atoms with Crippen LogP contribution in [-0.2, 0) is 10.5 Å². The number of ether oxygens (including phenoxy) is 1. The molecule has 0 radical (unpaired) electrons. The zero-order valence-corrected chi connectivity index (χ0v) is 16.4. The van der Waals surface area contributed by atoms with Crippen LogP contribution in [0.5, 0.6) is 5.75 Å². The van der Waals surface area contributed by atoms with Gasteiger partial charge in [-0.3, -0.25) is 20.0 Å². The van der Waals surface area contributed by atoms with E-state index in [2.05, 4.69) is 10.5 Å². The average Bonchev–Trinajstić information content (AvgIpc) is 3.12. The number of hydrazone groups is 1. The summed E-state index contributed by atoms with van der Waals surface area (Å²) in [5, 5.41) is 5.17. The van der Waals surface area contributed by atoms with E-state index in [0.29, 0.717) is 32.9 Å². The molecule has 2 heterocycles. The molecule has 0 fully saturated rings. The maximum atomic E-state index is 14.0. The number of hydrogen-bond donors (Lipinski definition) is 1. The number of carbonyl (C=O) groups excluding carboxylic acids is 1. The summed E-state index contributed by atoms with van der Waals surface area (Å²) in [5.74, 6) is 0.419. The van der Waals surface area contributed by atoms with Gasteiger partial charge in [-0.05, 0) is 24.3 Å². The van der Waals surface area contributed by atoms with Crippen molar-refractivity contribution >= 4 is 40.1 Å². The number of rotatable bonds is 4. The molecule has 0 spiro atoms. The lowest BCUT2D eigenvalue weighted by Crippen LogP contribution is -2.52. The number of nitrogens with one attached hydrogen (secondary N) is 1. The lowest BCUT2D eigenvalue weighted by molar-refractivity contribution is -0.122. The summed E-state index contributed by atoms with van der Waals surface area (Å²) in [6, 6.07) is 11.8. The van der Waals surface area contributed by atoms with Gasteiger partial charge in [0.2, 0.25) is 6.17 Å². The van der Waals surface area contributed by atoms with Gasteiger partial charge in [0.05, 0.1) is 12.8 Å². The zero-order chi connectivity index (χ0) is 19.7. The molecule has 2 aliphatic heterocycles. The van der Waals surface area contributed by atoms with Gasteiger partial charge in [0.1, 0.15) is 11.6 Å². The second-order valence-electron chi connectivity index (χ2n) is 6.03. The Labute approximate surface area is 170 Å². The fourth-order valence-corrected chi connectivity index (χ4v) is 4.21. The molecular formula is C19H16ClFN4O2S. The number of methoxy groups -OCH3 is 1. The second-order valence-corrected chi connectivity index (χ2v) is 7.38. The number of fused-ring (bicyclic) bond motifs is 1. The van der Waals surface area contributed by atoms with Crippen LogP contribution in [0.4, 0.5) is 10.1 Å². The minimum absolute atomic E-state index is 0.181. The molecule has 1 atom stereocenters. The molecule has 0 saturated carbocycles. The molecular weight excluding hydrogens is 403 g/mol. The quantitative estimate of drug-likeness (QED) is 0.819. The normalized spacial score (nSPS) is 18.0. The van der Waals surface area contributed by atoms with Gasteiger partial charge in [-0.25, -0.2) is 4.39 Å². The van der Waals surface area contributed by atoms with Crippen molar-refractivity contribution in [1.29, 1.82) is 0 Å². The Balaban J connectivity index is 1.50. The highest BCUT2D eigenvalue weighted by molar-refractivity contribution is 8.13. The molecule has 1 amide bonds. The lowest BCUT2D eigenvalue weighted by Gasteiger charge is -2.32. The minimum atomic E-state index is -0.658. The van der Waals surface area contributed by atoms with E-state index < -0.39 is 6.17 Å². The Kier molecular flexibility index (Phi) is 5.15. The van der Waals surface area contributed by atoms with Crippen molar-refractivity contribution in [2.45, 2.75) is 11.9 Å². The maximum absolute atomic E-state index is 14.0. The summed E-state index contributed by atoms with van der Waals surface area (Å²) in [7, 11) is 1.58. The number of amidine groups is 1. The first-order valence-corrected chi connectivity index (χ1v) is 9.77. The molecule has 0 aromatic heterocycles. The summed E-state index contributed by atoms with van der Waals surface area (Å²) in [6.45, 7) is 0. The van der Waals surface area contributed by atoms with Crippen LogP contribution in [-0.4, -0.2) is 29.3 Å². The maximum Gasteiger partial charge on any atom is 0.276 e. The molecule has 1 unspecified atom stereocenters. The van der Waals surface area contributed by atoms with Crippen molar-refractivity contribution in [3.8, 4) is 5.75 Å². The van der Waals surface area contributed by atoms with Crippen molar-refractivity contribution in [1.82, 2.24) is 10.3 Å². The van der Waals surface area contributed by atoms with Gasteiger partial charge in [-0.15, -0.1) is 0 Å². The molecule has 0 saturated heterocycles. The Morgan fingerprint density at radius 1 is 1.29 bits per heavy atom. The monoisotopic (exact) mass is 418 g/mol. The molecule has 6 nitrogen and oxygen atoms in total. The predicted molar refractivity (Wildman–Crippen MR) is 109 cm³/mol. The summed E-state index contributed by atoms with van der Waals surface area (Å²) < 4.78 is 19.2. The number of hydrogen-bond acceptors (Lipinski definition) is 6. The van der Waals surface area contributed by atoms with E-state index in [-0.39, 0.29) is 11.7 Å². The molecule has 2 aliphatic rings. The lowest BCUT2D eigenvalue weighted by atomic mass is 10.2. The van der Waals surface area contributed by atoms with Gasteiger partial charge >= 0.3 is 0 Å². The highest BCUT2D eigenvalue weighted by atomic mass is 35.5. The second kappa shape index (κ2) is 7.73. The van der Waals surface area contributed by atoms with E-state index >= 15 is 0 Å². The zero-order valence-electron chi connectivity index (χ0n) is 14.8. The van der Waals surface area contributed by atoms with Gasteiger partial charge in [-0.2, -0.15) is 5.10 Å². The first-order valence-electron chi connectivity index (χ1n) is 8.41. The summed E-state index contributed by atoms with van der Waals surface area (Å²) in [6.07, 6.45) is 2.78. The van der Waals surface area contributed by atoms with Crippen molar-refractivity contribution < 1.29 is 13.9 Å². The van der Waals surface area contributed by atoms with E-state index in [1.807, 2.05) is 18.2 Å². The Morgan fingerprint density at radius 2 is 2.11 bits per heavy atom. The third-order valence-electron chi connectivity index (χ3n) is 4.37. The Morgan fingerprint density at radius 3 is 2.89 bits per heavy atom. The summed E-state index contributed by atoms with van der Waals surface area (Å²) in [5.41, 5.74) is 3.95. The van der Waals surface area contributed by atoms with E-state index in [1.54, 1.807) is 42.6 Å². The van der Waals surface area contributed by atoms with Crippen LogP contribution in [0.15, 0.2) is 60.0 Å². The molecule has 4 rings (SSSR count). The average molecular weight is 419 g/mol. The van der Waals surface area contributed by atoms with Gasteiger partial charge in [0.15, 0.2) is 5.17 Å². The van der Waals surface area contributed by atoms with Crippen LogP contribution in [0.1, 0.15) is 5.56 Å². The first-order chi connectivity index (χ1) is 13.6. The number of thioether (sulfide) groups is 1. The van der Waals surface area contributed by atoms with Crippen molar-refractivity contribution in [2.75, 3.05) is 12.0 Å². The van der Waals surface area contributed by atoms with E-state index in [1.165, 1.54) is 22.7 Å². The molecule has 2 aromatic carbocycles. The number of carbonyl (C=O) groups is 1. The van der Waals surface area contributed by atoms with Crippen molar-refractivity contribution in [3.63, 3.8) is 0 Å². The van der Waals surface area contributed by atoms with Crippen LogP contribution >= 0.6 is 23.4 Å². The van der Waals surface area contributed by atoms with Gasteiger partial charge in [0, 0.05) is 34.8 Å². The third-order valence-corrected chi connectivity index (χ3v) is 5.72. The van der Waals surface area contributed by atoms with Gasteiger partial charge < -0.3 is 4.74 Å². The largest absolute Gasteiger partial charge is 0.497 e. The molecule has 144 valence electrons. The van der Waals surface area contributed by atoms with Crippen LogP contribution in [0.2, 0.25) is 5.02 Å². The number of benzene rings is 2. The Hall–Kier alpha value is -2.71. The van der Waals surface area contributed by atoms with Crippen LogP contribution in [0, 0.1) is 5.82 Å². The van der Waals surface area contributed by atoms with Crippen molar-refractivity contribution in [2.24, 2.45) is 5.10 Å². The fourth-order valence-electron chi connectivity index (χ4n) is 2.90.